The molecule has 12 heavy (non-hydrogen) atoms. The quantitative estimate of drug-likeness (QED) is 0.524. The van der Waals surface area contributed by atoms with Crippen LogP contribution >= 0.6 is 11.6 Å². The first-order valence-electron chi connectivity index (χ1n) is 3.54. The van der Waals surface area contributed by atoms with Gasteiger partial charge in [0.15, 0.2) is 6.10 Å². The van der Waals surface area contributed by atoms with Gasteiger partial charge < -0.3 is 9.84 Å². The Morgan fingerprint density at radius 1 is 1.58 bits per heavy atom. The molecule has 0 radical (unpaired) electrons. The van der Waals surface area contributed by atoms with Crippen molar-refractivity contribution in [2.24, 2.45) is 0 Å². The van der Waals surface area contributed by atoms with Gasteiger partial charge in [0.1, 0.15) is 0 Å². The maximum absolute atomic E-state index is 10.4. The third-order valence-corrected chi connectivity index (χ3v) is 1.45. The second-order valence-electron chi connectivity index (χ2n) is 2.27. The SMILES string of the molecule is CC(=O)O[C@@H](CCCCl)C(=O)O. The van der Waals surface area contributed by atoms with Crippen molar-refractivity contribution in [3.05, 3.63) is 0 Å². The molecule has 0 saturated heterocycles. The Morgan fingerprint density at radius 2 is 2.17 bits per heavy atom. The van der Waals surface area contributed by atoms with Crippen molar-refractivity contribution in [2.45, 2.75) is 25.9 Å². The molecule has 0 aliphatic carbocycles. The Morgan fingerprint density at radius 3 is 2.50 bits per heavy atom. The number of rotatable bonds is 5. The van der Waals surface area contributed by atoms with E-state index in [1.165, 1.54) is 6.92 Å². The molecule has 4 nitrogen and oxygen atoms in total. The van der Waals surface area contributed by atoms with E-state index in [1.807, 2.05) is 0 Å². The molecule has 0 spiro atoms. The minimum absolute atomic E-state index is 0.262. The highest BCUT2D eigenvalue weighted by molar-refractivity contribution is 6.17. The zero-order valence-electron chi connectivity index (χ0n) is 6.75. The number of ether oxygens (including phenoxy) is 1. The summed E-state index contributed by atoms with van der Waals surface area (Å²) >= 11 is 5.35. The van der Waals surface area contributed by atoms with E-state index in [2.05, 4.69) is 4.74 Å². The van der Waals surface area contributed by atoms with Crippen LogP contribution in [0, 0.1) is 0 Å². The van der Waals surface area contributed by atoms with Crippen LogP contribution in [-0.2, 0) is 14.3 Å². The summed E-state index contributed by atoms with van der Waals surface area (Å²) in [5.41, 5.74) is 0. The summed E-state index contributed by atoms with van der Waals surface area (Å²) in [6, 6.07) is 0. The summed E-state index contributed by atoms with van der Waals surface area (Å²) in [6.07, 6.45) is -0.272. The van der Waals surface area contributed by atoms with Crippen LogP contribution in [0.2, 0.25) is 0 Å². The number of carbonyl (C=O) groups excluding carboxylic acids is 1. The highest BCUT2D eigenvalue weighted by atomic mass is 35.5. The third kappa shape index (κ3) is 4.96. The summed E-state index contributed by atoms with van der Waals surface area (Å²) in [6.45, 7) is 1.18. The average molecular weight is 195 g/mol. The highest BCUT2D eigenvalue weighted by Crippen LogP contribution is 2.04. The maximum Gasteiger partial charge on any atom is 0.345 e. The molecule has 0 aromatic heterocycles. The van der Waals surface area contributed by atoms with E-state index >= 15 is 0 Å². The van der Waals surface area contributed by atoms with Crippen molar-refractivity contribution in [3.8, 4) is 0 Å². The first kappa shape index (κ1) is 11.2. The highest BCUT2D eigenvalue weighted by Gasteiger charge is 2.19. The van der Waals surface area contributed by atoms with E-state index in [0.717, 1.165) is 0 Å². The van der Waals surface area contributed by atoms with E-state index in [4.69, 9.17) is 16.7 Å². The van der Waals surface area contributed by atoms with Gasteiger partial charge in [0.25, 0.3) is 0 Å². The lowest BCUT2D eigenvalue weighted by atomic mass is 10.2. The van der Waals surface area contributed by atoms with Gasteiger partial charge in [0.2, 0.25) is 0 Å². The third-order valence-electron chi connectivity index (χ3n) is 1.18. The van der Waals surface area contributed by atoms with Crippen LogP contribution in [0.25, 0.3) is 0 Å². The Labute approximate surface area is 75.5 Å². The number of hydrogen-bond acceptors (Lipinski definition) is 3. The zero-order valence-corrected chi connectivity index (χ0v) is 7.50. The second kappa shape index (κ2) is 5.83. The van der Waals surface area contributed by atoms with Crippen LogP contribution in [0.15, 0.2) is 0 Å². The van der Waals surface area contributed by atoms with Crippen LogP contribution in [0.5, 0.6) is 0 Å². The van der Waals surface area contributed by atoms with Gasteiger partial charge in [-0.1, -0.05) is 0 Å². The summed E-state index contributed by atoms with van der Waals surface area (Å²) < 4.78 is 4.52. The van der Waals surface area contributed by atoms with Gasteiger partial charge in [-0.2, -0.15) is 0 Å². The molecule has 0 heterocycles. The molecule has 1 atom stereocenters. The molecule has 0 fully saturated rings. The molecule has 0 aromatic rings. The van der Waals surface area contributed by atoms with Crippen molar-refractivity contribution < 1.29 is 19.4 Å². The molecule has 70 valence electrons. The van der Waals surface area contributed by atoms with E-state index in [9.17, 15) is 9.59 Å². The smallest absolute Gasteiger partial charge is 0.345 e. The lowest BCUT2D eigenvalue weighted by Gasteiger charge is -2.10. The van der Waals surface area contributed by atoms with Crippen LogP contribution in [0.3, 0.4) is 0 Å². The molecule has 0 aromatic carbocycles. The van der Waals surface area contributed by atoms with E-state index in [-0.39, 0.29) is 6.42 Å². The van der Waals surface area contributed by atoms with Crippen molar-refractivity contribution in [3.63, 3.8) is 0 Å². The number of carboxylic acids is 1. The first-order valence-corrected chi connectivity index (χ1v) is 4.07. The average Bonchev–Trinajstić information content (AvgIpc) is 1.96. The lowest BCUT2D eigenvalue weighted by Crippen LogP contribution is -2.25. The Bertz CT molecular complexity index is 169. The number of hydrogen-bond donors (Lipinski definition) is 1. The first-order chi connectivity index (χ1) is 5.57. The normalized spacial score (nSPS) is 12.2. The summed E-state index contributed by atoms with van der Waals surface area (Å²) in [7, 11) is 0. The van der Waals surface area contributed by atoms with Crippen LogP contribution < -0.4 is 0 Å². The van der Waals surface area contributed by atoms with Gasteiger partial charge in [-0.3, -0.25) is 4.79 Å². The van der Waals surface area contributed by atoms with Crippen LogP contribution in [0.4, 0.5) is 0 Å². The van der Waals surface area contributed by atoms with E-state index < -0.39 is 18.0 Å². The molecule has 0 saturated carbocycles. The Kier molecular flexibility index (Phi) is 5.45. The molecule has 0 rings (SSSR count). The summed E-state index contributed by atoms with van der Waals surface area (Å²) in [5.74, 6) is -1.35. The number of carboxylic acid groups (broad SMARTS) is 1. The number of alkyl halides is 1. The molecule has 1 N–H and O–H groups in total. The van der Waals surface area contributed by atoms with Crippen molar-refractivity contribution in [2.75, 3.05) is 5.88 Å². The Hall–Kier alpha value is -0.770. The predicted molar refractivity (Wildman–Crippen MR) is 43.1 cm³/mol. The monoisotopic (exact) mass is 194 g/mol. The molecular weight excluding hydrogens is 184 g/mol. The zero-order chi connectivity index (χ0) is 9.56. The fourth-order valence-electron chi connectivity index (χ4n) is 0.696. The van der Waals surface area contributed by atoms with Gasteiger partial charge in [0.05, 0.1) is 0 Å². The van der Waals surface area contributed by atoms with Crippen LogP contribution in [-0.4, -0.2) is 29.0 Å². The maximum atomic E-state index is 10.4. The second-order valence-corrected chi connectivity index (χ2v) is 2.65. The van der Waals surface area contributed by atoms with E-state index in [1.54, 1.807) is 0 Å². The molecule has 0 aliphatic heterocycles. The molecule has 5 heteroatoms. The minimum atomic E-state index is -1.13. The molecule has 0 aliphatic rings. The molecule has 0 amide bonds. The molecular formula is C7H11ClO4. The fourth-order valence-corrected chi connectivity index (χ4v) is 0.850. The van der Waals surface area contributed by atoms with Gasteiger partial charge in [-0.05, 0) is 12.8 Å². The van der Waals surface area contributed by atoms with Gasteiger partial charge in [-0.15, -0.1) is 11.6 Å². The molecule has 0 bridgehead atoms. The van der Waals surface area contributed by atoms with Crippen molar-refractivity contribution in [1.82, 2.24) is 0 Å². The van der Waals surface area contributed by atoms with E-state index in [0.29, 0.717) is 12.3 Å². The predicted octanol–water partition coefficient (Wildman–Crippen LogP) is 1.02. The number of carbonyl (C=O) groups is 2. The standard InChI is InChI=1S/C7H11ClO4/c1-5(9)12-6(7(10)11)3-2-4-8/h6H,2-4H2,1H3,(H,10,11)/t6-/m0/s1. The fraction of sp³-hybridized carbons (Fsp3) is 0.714. The lowest BCUT2D eigenvalue weighted by molar-refractivity contribution is -0.162. The topological polar surface area (TPSA) is 63.6 Å². The number of aliphatic carboxylic acids is 1. The van der Waals surface area contributed by atoms with Gasteiger partial charge in [0, 0.05) is 12.8 Å². The van der Waals surface area contributed by atoms with Gasteiger partial charge >= 0.3 is 11.9 Å². The van der Waals surface area contributed by atoms with Crippen LogP contribution in [0.1, 0.15) is 19.8 Å². The molecule has 0 unspecified atom stereocenters. The van der Waals surface area contributed by atoms with Crippen molar-refractivity contribution >= 4 is 23.5 Å². The summed E-state index contributed by atoms with van der Waals surface area (Å²) in [4.78, 5) is 20.8. The Balaban J connectivity index is 3.87. The largest absolute Gasteiger partial charge is 0.479 e. The number of esters is 1. The van der Waals surface area contributed by atoms with Gasteiger partial charge in [-0.25, -0.2) is 4.79 Å². The van der Waals surface area contributed by atoms with Crippen molar-refractivity contribution in [1.29, 1.82) is 0 Å². The summed E-state index contributed by atoms with van der Waals surface area (Å²) in [5, 5.41) is 8.53. The minimum Gasteiger partial charge on any atom is -0.479 e. The number of halogens is 1.